The zero-order valence-electron chi connectivity index (χ0n) is 14.0. The molecule has 0 spiro atoms. The van der Waals surface area contributed by atoms with E-state index in [1.165, 1.54) is 0 Å². The van der Waals surface area contributed by atoms with Crippen LogP contribution >= 0.6 is 0 Å². The number of rotatable bonds is 4. The molecule has 2 aromatic heterocycles. The molecule has 0 aromatic carbocycles. The summed E-state index contributed by atoms with van der Waals surface area (Å²) in [6, 6.07) is 5.39. The van der Waals surface area contributed by atoms with Crippen LogP contribution in [-0.4, -0.2) is 65.9 Å². The fourth-order valence-corrected chi connectivity index (χ4v) is 2.85. The Labute approximate surface area is 140 Å². The second-order valence-corrected chi connectivity index (χ2v) is 5.97. The molecule has 0 atom stereocenters. The van der Waals surface area contributed by atoms with Crippen LogP contribution in [0.5, 0.6) is 0 Å². The van der Waals surface area contributed by atoms with Gasteiger partial charge in [-0.1, -0.05) is 0 Å². The molecule has 0 radical (unpaired) electrons. The molecule has 0 bridgehead atoms. The first-order chi connectivity index (χ1) is 11.6. The first kappa shape index (κ1) is 16.4. The number of carbonyl (C=O) groups excluding carboxylic acids is 2. The molecule has 24 heavy (non-hydrogen) atoms. The Hall–Kier alpha value is -2.41. The van der Waals surface area contributed by atoms with E-state index in [4.69, 9.17) is 4.42 Å². The molecule has 1 N–H and O–H groups in total. The highest BCUT2D eigenvalue weighted by molar-refractivity contribution is 5.95. The van der Waals surface area contributed by atoms with Crippen molar-refractivity contribution in [3.63, 3.8) is 0 Å². The van der Waals surface area contributed by atoms with Gasteiger partial charge in [-0.25, -0.2) is 4.98 Å². The van der Waals surface area contributed by atoms with Gasteiger partial charge in [-0.05, 0) is 26.0 Å². The maximum atomic E-state index is 12.6. The van der Waals surface area contributed by atoms with Crippen LogP contribution in [0.3, 0.4) is 0 Å². The lowest BCUT2D eigenvalue weighted by Gasteiger charge is -2.33. The molecule has 7 heteroatoms. The Morgan fingerprint density at radius 3 is 2.71 bits per heavy atom. The van der Waals surface area contributed by atoms with Crippen molar-refractivity contribution in [2.24, 2.45) is 0 Å². The summed E-state index contributed by atoms with van der Waals surface area (Å²) in [4.78, 5) is 32.4. The van der Waals surface area contributed by atoms with E-state index in [1.54, 1.807) is 11.0 Å². The van der Waals surface area contributed by atoms with E-state index in [9.17, 15) is 9.59 Å². The number of pyridine rings is 1. The number of amides is 2. The van der Waals surface area contributed by atoms with Gasteiger partial charge in [0.15, 0.2) is 11.3 Å². The molecular formula is C17H22N4O3. The topological polar surface area (TPSA) is 78.7 Å². The van der Waals surface area contributed by atoms with Crippen LogP contribution in [0.2, 0.25) is 0 Å². The molecule has 0 saturated carbocycles. The Morgan fingerprint density at radius 2 is 2.00 bits per heavy atom. The van der Waals surface area contributed by atoms with Gasteiger partial charge in [-0.15, -0.1) is 0 Å². The van der Waals surface area contributed by atoms with Crippen molar-refractivity contribution in [1.29, 1.82) is 0 Å². The van der Waals surface area contributed by atoms with Crippen molar-refractivity contribution in [2.45, 2.75) is 13.8 Å². The second-order valence-electron chi connectivity index (χ2n) is 5.97. The number of carbonyl (C=O) groups is 2. The van der Waals surface area contributed by atoms with E-state index < -0.39 is 0 Å². The zero-order chi connectivity index (χ0) is 17.1. The maximum absolute atomic E-state index is 12.6. The maximum Gasteiger partial charge on any atom is 0.289 e. The second kappa shape index (κ2) is 7.00. The highest BCUT2D eigenvalue weighted by Crippen LogP contribution is 2.19. The van der Waals surface area contributed by atoms with Crippen molar-refractivity contribution < 1.29 is 14.0 Å². The molecule has 0 aliphatic carbocycles. The third-order valence-corrected chi connectivity index (χ3v) is 4.12. The number of fused-ring (bicyclic) bond motifs is 1. The quantitative estimate of drug-likeness (QED) is 0.906. The lowest BCUT2D eigenvalue weighted by Crippen LogP contribution is -2.51. The number of nitrogens with one attached hydrogen (secondary N) is 1. The minimum absolute atomic E-state index is 0.0241. The summed E-state index contributed by atoms with van der Waals surface area (Å²) < 4.78 is 5.63. The van der Waals surface area contributed by atoms with Crippen LogP contribution in [0.4, 0.5) is 0 Å². The molecule has 1 aliphatic heterocycles. The zero-order valence-corrected chi connectivity index (χ0v) is 14.0. The van der Waals surface area contributed by atoms with Gasteiger partial charge in [0.05, 0.1) is 6.54 Å². The molecular weight excluding hydrogens is 308 g/mol. The Balaban J connectivity index is 1.61. The average molecular weight is 330 g/mol. The summed E-state index contributed by atoms with van der Waals surface area (Å²) in [7, 11) is 0. The first-order valence-corrected chi connectivity index (χ1v) is 8.22. The van der Waals surface area contributed by atoms with Crippen LogP contribution < -0.4 is 5.32 Å². The predicted octanol–water partition coefficient (Wildman–Crippen LogP) is 1.03. The van der Waals surface area contributed by atoms with Crippen molar-refractivity contribution in [1.82, 2.24) is 20.1 Å². The molecule has 0 unspecified atom stereocenters. The Morgan fingerprint density at radius 1 is 1.25 bits per heavy atom. The van der Waals surface area contributed by atoms with Crippen molar-refractivity contribution >= 4 is 22.9 Å². The normalized spacial score (nSPS) is 15.7. The molecule has 2 aromatic rings. The lowest BCUT2D eigenvalue weighted by molar-refractivity contribution is -0.122. The van der Waals surface area contributed by atoms with Gasteiger partial charge in [-0.3, -0.25) is 14.5 Å². The number of piperazine rings is 1. The molecule has 1 fully saturated rings. The van der Waals surface area contributed by atoms with E-state index in [-0.39, 0.29) is 11.8 Å². The van der Waals surface area contributed by atoms with Crippen LogP contribution in [0, 0.1) is 6.92 Å². The number of hydrogen-bond acceptors (Lipinski definition) is 5. The van der Waals surface area contributed by atoms with Crippen LogP contribution in [0.1, 0.15) is 23.2 Å². The molecule has 7 nitrogen and oxygen atoms in total. The van der Waals surface area contributed by atoms with E-state index in [1.807, 2.05) is 26.0 Å². The third-order valence-electron chi connectivity index (χ3n) is 4.12. The summed E-state index contributed by atoms with van der Waals surface area (Å²) in [5, 5.41) is 2.79. The van der Waals surface area contributed by atoms with Gasteiger partial charge in [-0.2, -0.15) is 0 Å². The Bertz CT molecular complexity index is 747. The number of hydrogen-bond donors (Lipinski definition) is 1. The standard InChI is InChI=1S/C17H22N4O3/c1-3-18-16(22)11-20-6-8-21(9-7-20)17(23)15-10-13-14(24-15)5-4-12(2)19-13/h4-5,10H,3,6-9,11H2,1-2H3,(H,18,22). The number of likely N-dealkylation sites (N-methyl/N-ethyl adjacent to an activating group) is 1. The van der Waals surface area contributed by atoms with Crippen molar-refractivity contribution in [3.05, 3.63) is 29.7 Å². The molecule has 128 valence electrons. The molecule has 2 amide bonds. The summed E-state index contributed by atoms with van der Waals surface area (Å²) in [5.74, 6) is 0.222. The fourth-order valence-electron chi connectivity index (χ4n) is 2.85. The molecule has 3 rings (SSSR count). The van der Waals surface area contributed by atoms with E-state index in [0.717, 1.165) is 5.69 Å². The van der Waals surface area contributed by atoms with E-state index in [2.05, 4.69) is 15.2 Å². The van der Waals surface area contributed by atoms with Crippen molar-refractivity contribution in [2.75, 3.05) is 39.3 Å². The van der Waals surface area contributed by atoms with E-state index in [0.29, 0.717) is 56.1 Å². The number of aromatic nitrogens is 1. The van der Waals surface area contributed by atoms with Crippen LogP contribution in [0.25, 0.3) is 11.1 Å². The van der Waals surface area contributed by atoms with Gasteiger partial charge >= 0.3 is 0 Å². The third kappa shape index (κ3) is 3.56. The largest absolute Gasteiger partial charge is 0.449 e. The van der Waals surface area contributed by atoms with Gasteiger partial charge in [0.2, 0.25) is 5.91 Å². The SMILES string of the molecule is CCNC(=O)CN1CCN(C(=O)c2cc3nc(C)ccc3o2)CC1. The van der Waals surface area contributed by atoms with Gasteiger partial charge in [0.1, 0.15) is 5.52 Å². The number of furan rings is 1. The summed E-state index contributed by atoms with van der Waals surface area (Å²) in [5.41, 5.74) is 2.22. The van der Waals surface area contributed by atoms with Crippen LogP contribution in [-0.2, 0) is 4.79 Å². The van der Waals surface area contributed by atoms with E-state index >= 15 is 0 Å². The van der Waals surface area contributed by atoms with Crippen LogP contribution in [0.15, 0.2) is 22.6 Å². The number of nitrogens with zero attached hydrogens (tertiary/aromatic N) is 3. The van der Waals surface area contributed by atoms with Crippen molar-refractivity contribution in [3.8, 4) is 0 Å². The summed E-state index contributed by atoms with van der Waals surface area (Å²) >= 11 is 0. The molecule has 1 aliphatic rings. The van der Waals surface area contributed by atoms with Gasteiger partial charge in [0, 0.05) is 44.5 Å². The molecule has 1 saturated heterocycles. The van der Waals surface area contributed by atoms with Gasteiger partial charge in [0.25, 0.3) is 5.91 Å². The minimum atomic E-state index is -0.122. The first-order valence-electron chi connectivity index (χ1n) is 8.22. The van der Waals surface area contributed by atoms with Gasteiger partial charge < -0.3 is 14.6 Å². The average Bonchev–Trinajstić information content (AvgIpc) is 2.98. The highest BCUT2D eigenvalue weighted by atomic mass is 16.3. The molecule has 3 heterocycles. The Kier molecular flexibility index (Phi) is 4.80. The summed E-state index contributed by atoms with van der Waals surface area (Å²) in [6.07, 6.45) is 0. The number of aryl methyl sites for hydroxylation is 1. The minimum Gasteiger partial charge on any atom is -0.449 e. The predicted molar refractivity (Wildman–Crippen MR) is 89.8 cm³/mol. The summed E-state index contributed by atoms with van der Waals surface area (Å²) in [6.45, 7) is 7.35. The lowest BCUT2D eigenvalue weighted by atomic mass is 10.2. The fraction of sp³-hybridized carbons (Fsp3) is 0.471. The monoisotopic (exact) mass is 330 g/mol. The smallest absolute Gasteiger partial charge is 0.289 e. The highest BCUT2D eigenvalue weighted by Gasteiger charge is 2.25.